The summed E-state index contributed by atoms with van der Waals surface area (Å²) in [5, 5.41) is 17.0. The molecular weight excluding hydrogens is 196 g/mol. The molecule has 0 fully saturated rings. The third-order valence-electron chi connectivity index (χ3n) is 2.47. The lowest BCUT2D eigenvalue weighted by atomic mass is 9.92. The van der Waals surface area contributed by atoms with E-state index in [0.29, 0.717) is 18.8 Å². The zero-order valence-electron chi connectivity index (χ0n) is 9.24. The third-order valence-corrected chi connectivity index (χ3v) is 2.47. The maximum absolute atomic E-state index is 10.4. The first-order valence-corrected chi connectivity index (χ1v) is 5.49. The van der Waals surface area contributed by atoms with E-state index in [0.717, 1.165) is 19.3 Å². The Kier molecular flexibility index (Phi) is 7.68. The predicted molar refractivity (Wildman–Crippen MR) is 56.8 cm³/mol. The minimum absolute atomic E-state index is 0.188. The predicted octanol–water partition coefficient (Wildman–Crippen LogP) is 2.52. The molecule has 0 aromatic rings. The van der Waals surface area contributed by atoms with E-state index >= 15 is 0 Å². The van der Waals surface area contributed by atoms with E-state index in [-0.39, 0.29) is 12.8 Å². The first-order valence-electron chi connectivity index (χ1n) is 5.49. The van der Waals surface area contributed by atoms with Crippen LogP contribution in [0.1, 0.15) is 51.9 Å². The summed E-state index contributed by atoms with van der Waals surface area (Å²) in [4.78, 5) is 20.7. The van der Waals surface area contributed by atoms with Gasteiger partial charge in [0.15, 0.2) is 0 Å². The average Bonchev–Trinajstić information content (AvgIpc) is 2.13. The molecule has 0 rings (SSSR count). The number of carboxylic acid groups (broad SMARTS) is 2. The molecule has 0 radical (unpaired) electrons. The van der Waals surface area contributed by atoms with E-state index in [2.05, 4.69) is 6.92 Å². The lowest BCUT2D eigenvalue weighted by molar-refractivity contribution is -0.138. The van der Waals surface area contributed by atoms with Gasteiger partial charge in [0.2, 0.25) is 0 Å². The number of rotatable bonds is 9. The van der Waals surface area contributed by atoms with Crippen molar-refractivity contribution in [2.75, 3.05) is 0 Å². The molecule has 0 aromatic heterocycles. The van der Waals surface area contributed by atoms with Crippen LogP contribution in [0.25, 0.3) is 0 Å². The highest BCUT2D eigenvalue weighted by Crippen LogP contribution is 2.20. The Morgan fingerprint density at radius 2 is 1.60 bits per heavy atom. The van der Waals surface area contributed by atoms with Crippen LogP contribution < -0.4 is 0 Å². The minimum Gasteiger partial charge on any atom is -0.481 e. The molecule has 2 N–H and O–H groups in total. The van der Waals surface area contributed by atoms with Crippen molar-refractivity contribution in [1.29, 1.82) is 0 Å². The van der Waals surface area contributed by atoms with Crippen LogP contribution in [-0.2, 0) is 9.59 Å². The van der Waals surface area contributed by atoms with Crippen LogP contribution in [-0.4, -0.2) is 22.2 Å². The van der Waals surface area contributed by atoms with Crippen molar-refractivity contribution in [2.45, 2.75) is 51.9 Å². The van der Waals surface area contributed by atoms with E-state index in [1.807, 2.05) is 0 Å². The van der Waals surface area contributed by atoms with Gasteiger partial charge in [-0.25, -0.2) is 0 Å². The van der Waals surface area contributed by atoms with Crippen LogP contribution in [0.4, 0.5) is 0 Å². The fourth-order valence-electron chi connectivity index (χ4n) is 1.71. The Morgan fingerprint density at radius 1 is 1.00 bits per heavy atom. The number of aliphatic carboxylic acids is 2. The summed E-state index contributed by atoms with van der Waals surface area (Å²) in [6.07, 6.45) is 4.55. The molecule has 0 saturated heterocycles. The second-order valence-electron chi connectivity index (χ2n) is 3.87. The Balaban J connectivity index is 3.71. The zero-order chi connectivity index (χ0) is 11.7. The molecule has 0 spiro atoms. The van der Waals surface area contributed by atoms with Gasteiger partial charge < -0.3 is 10.2 Å². The molecule has 0 saturated carbocycles. The number of hydrogen-bond acceptors (Lipinski definition) is 2. The third kappa shape index (κ3) is 9.25. The SMILES string of the molecule is CCCC(CCCC(=O)O)CCC(=O)O. The molecule has 88 valence electrons. The largest absolute Gasteiger partial charge is 0.481 e. The van der Waals surface area contributed by atoms with Gasteiger partial charge in [-0.1, -0.05) is 19.8 Å². The van der Waals surface area contributed by atoms with Gasteiger partial charge in [-0.3, -0.25) is 9.59 Å². The van der Waals surface area contributed by atoms with Gasteiger partial charge in [0.1, 0.15) is 0 Å². The first kappa shape index (κ1) is 13.9. The molecule has 4 heteroatoms. The van der Waals surface area contributed by atoms with Gasteiger partial charge in [-0.05, 0) is 25.2 Å². The highest BCUT2D eigenvalue weighted by molar-refractivity contribution is 5.67. The van der Waals surface area contributed by atoms with Crippen LogP contribution in [0.5, 0.6) is 0 Å². The molecule has 15 heavy (non-hydrogen) atoms. The van der Waals surface area contributed by atoms with Gasteiger partial charge in [0.05, 0.1) is 0 Å². The Labute approximate surface area is 90.3 Å². The average molecular weight is 216 g/mol. The fourth-order valence-corrected chi connectivity index (χ4v) is 1.71. The monoisotopic (exact) mass is 216 g/mol. The van der Waals surface area contributed by atoms with Crippen molar-refractivity contribution in [2.24, 2.45) is 5.92 Å². The van der Waals surface area contributed by atoms with Crippen molar-refractivity contribution in [1.82, 2.24) is 0 Å². The second kappa shape index (κ2) is 8.26. The quantitative estimate of drug-likeness (QED) is 0.621. The van der Waals surface area contributed by atoms with E-state index in [1.165, 1.54) is 0 Å². The van der Waals surface area contributed by atoms with Gasteiger partial charge >= 0.3 is 11.9 Å². The van der Waals surface area contributed by atoms with E-state index in [9.17, 15) is 9.59 Å². The highest BCUT2D eigenvalue weighted by Gasteiger charge is 2.10. The van der Waals surface area contributed by atoms with Crippen molar-refractivity contribution in [3.05, 3.63) is 0 Å². The Hall–Kier alpha value is -1.06. The summed E-state index contributed by atoms with van der Waals surface area (Å²) >= 11 is 0. The molecule has 0 aromatic carbocycles. The normalized spacial score (nSPS) is 12.3. The van der Waals surface area contributed by atoms with Crippen LogP contribution in [0.3, 0.4) is 0 Å². The summed E-state index contributed by atoms with van der Waals surface area (Å²) in [5.74, 6) is -1.18. The summed E-state index contributed by atoms with van der Waals surface area (Å²) in [5.41, 5.74) is 0. The summed E-state index contributed by atoms with van der Waals surface area (Å²) in [6.45, 7) is 2.06. The molecule has 0 amide bonds. The van der Waals surface area contributed by atoms with Crippen molar-refractivity contribution in [3.63, 3.8) is 0 Å². The second-order valence-corrected chi connectivity index (χ2v) is 3.87. The summed E-state index contributed by atoms with van der Waals surface area (Å²) in [7, 11) is 0. The number of carboxylic acids is 2. The molecule has 1 unspecified atom stereocenters. The van der Waals surface area contributed by atoms with Gasteiger partial charge in [0.25, 0.3) is 0 Å². The summed E-state index contributed by atoms with van der Waals surface area (Å²) < 4.78 is 0. The number of carbonyl (C=O) groups is 2. The van der Waals surface area contributed by atoms with Gasteiger partial charge in [-0.2, -0.15) is 0 Å². The molecule has 0 aliphatic rings. The smallest absolute Gasteiger partial charge is 0.303 e. The van der Waals surface area contributed by atoms with Gasteiger partial charge in [-0.15, -0.1) is 0 Å². The molecule has 0 aliphatic heterocycles. The van der Waals surface area contributed by atoms with Gasteiger partial charge in [0, 0.05) is 12.8 Å². The lowest BCUT2D eigenvalue weighted by Crippen LogP contribution is -2.06. The molecule has 1 atom stereocenters. The summed E-state index contributed by atoms with van der Waals surface area (Å²) in [6, 6.07) is 0. The Morgan fingerprint density at radius 3 is 2.07 bits per heavy atom. The van der Waals surface area contributed by atoms with Crippen molar-refractivity contribution >= 4 is 11.9 Å². The first-order chi connectivity index (χ1) is 7.06. The topological polar surface area (TPSA) is 74.6 Å². The number of hydrogen-bond donors (Lipinski definition) is 2. The van der Waals surface area contributed by atoms with E-state index < -0.39 is 11.9 Å². The molecule has 4 nitrogen and oxygen atoms in total. The van der Waals surface area contributed by atoms with Crippen LogP contribution in [0.15, 0.2) is 0 Å². The van der Waals surface area contributed by atoms with E-state index in [4.69, 9.17) is 10.2 Å². The van der Waals surface area contributed by atoms with Crippen LogP contribution in [0, 0.1) is 5.92 Å². The lowest BCUT2D eigenvalue weighted by Gasteiger charge is -2.13. The molecular formula is C11H20O4. The fraction of sp³-hybridized carbons (Fsp3) is 0.818. The maximum atomic E-state index is 10.4. The zero-order valence-corrected chi connectivity index (χ0v) is 9.24. The Bertz CT molecular complexity index is 201. The van der Waals surface area contributed by atoms with Crippen LogP contribution >= 0.6 is 0 Å². The van der Waals surface area contributed by atoms with E-state index in [1.54, 1.807) is 0 Å². The molecule has 0 heterocycles. The van der Waals surface area contributed by atoms with Crippen molar-refractivity contribution < 1.29 is 19.8 Å². The molecule has 0 bridgehead atoms. The highest BCUT2D eigenvalue weighted by atomic mass is 16.4. The minimum atomic E-state index is -0.775. The van der Waals surface area contributed by atoms with Crippen molar-refractivity contribution in [3.8, 4) is 0 Å². The molecule has 0 aliphatic carbocycles. The van der Waals surface area contributed by atoms with Crippen LogP contribution in [0.2, 0.25) is 0 Å². The standard InChI is InChI=1S/C11H20O4/c1-2-4-9(7-8-11(14)15)5-3-6-10(12)13/h9H,2-8H2,1H3,(H,12,13)(H,14,15). The maximum Gasteiger partial charge on any atom is 0.303 e.